The molecule has 1 aliphatic carbocycles. The molecule has 0 aliphatic heterocycles. The molecular weight excluding hydrogens is 160 g/mol. The lowest BCUT2D eigenvalue weighted by Crippen LogP contribution is -2.02. The Bertz CT molecular complexity index is 204. The minimum Gasteiger partial charge on any atom is -0.294 e. The Hall–Kier alpha value is -0.560. The van der Waals surface area contributed by atoms with Crippen LogP contribution in [0, 0.1) is 0 Å². The monoisotopic (exact) mass is 170 g/mol. The van der Waals surface area contributed by atoms with E-state index >= 15 is 0 Å². The second-order valence-electron chi connectivity index (χ2n) is 2.50. The van der Waals surface area contributed by atoms with E-state index in [9.17, 15) is 4.79 Å². The van der Waals surface area contributed by atoms with E-state index in [1.807, 2.05) is 18.2 Å². The third kappa shape index (κ3) is 2.51. The molecule has 1 rings (SSSR count). The van der Waals surface area contributed by atoms with Gasteiger partial charge in [0.05, 0.1) is 0 Å². The van der Waals surface area contributed by atoms with Crippen molar-refractivity contribution in [3.8, 4) is 0 Å². The molecule has 0 aromatic heterocycles. The van der Waals surface area contributed by atoms with Gasteiger partial charge in [0.25, 0.3) is 0 Å². The molecule has 0 saturated carbocycles. The standard InChI is InChI=1S/C9H11ClO/c10-7-6-9(11)8-4-2-1-3-5-8/h2,4-5H,1,3,6-7H2. The van der Waals surface area contributed by atoms with Crippen molar-refractivity contribution in [3.63, 3.8) is 0 Å². The topological polar surface area (TPSA) is 17.1 Å². The van der Waals surface area contributed by atoms with Gasteiger partial charge in [-0.05, 0) is 12.8 Å². The first-order valence-corrected chi connectivity index (χ1v) is 4.34. The van der Waals surface area contributed by atoms with Crippen LogP contribution in [-0.4, -0.2) is 11.7 Å². The maximum atomic E-state index is 11.2. The highest BCUT2D eigenvalue weighted by atomic mass is 35.5. The fraction of sp³-hybridized carbons (Fsp3) is 0.444. The van der Waals surface area contributed by atoms with Crippen LogP contribution in [0.1, 0.15) is 19.3 Å². The second-order valence-corrected chi connectivity index (χ2v) is 2.88. The maximum Gasteiger partial charge on any atom is 0.163 e. The summed E-state index contributed by atoms with van der Waals surface area (Å²) >= 11 is 5.44. The smallest absolute Gasteiger partial charge is 0.163 e. The van der Waals surface area contributed by atoms with Crippen molar-refractivity contribution in [1.82, 2.24) is 0 Å². The van der Waals surface area contributed by atoms with Gasteiger partial charge in [-0.25, -0.2) is 0 Å². The Morgan fingerprint density at radius 2 is 2.36 bits per heavy atom. The molecule has 0 fully saturated rings. The van der Waals surface area contributed by atoms with E-state index in [-0.39, 0.29) is 5.78 Å². The van der Waals surface area contributed by atoms with Crippen molar-refractivity contribution in [2.45, 2.75) is 19.3 Å². The Morgan fingerprint density at radius 1 is 1.55 bits per heavy atom. The van der Waals surface area contributed by atoms with Gasteiger partial charge in [0, 0.05) is 17.9 Å². The highest BCUT2D eigenvalue weighted by Crippen LogP contribution is 2.11. The molecule has 0 saturated heterocycles. The Morgan fingerprint density at radius 3 is 2.91 bits per heavy atom. The van der Waals surface area contributed by atoms with Gasteiger partial charge in [-0.2, -0.15) is 0 Å². The molecule has 0 radical (unpaired) electrons. The SMILES string of the molecule is O=C(CCCl)C1=CCCC=C1. The largest absolute Gasteiger partial charge is 0.294 e. The number of hydrogen-bond acceptors (Lipinski definition) is 1. The molecule has 1 nitrogen and oxygen atoms in total. The zero-order valence-corrected chi connectivity index (χ0v) is 7.10. The number of hydrogen-bond donors (Lipinski definition) is 0. The second kappa shape index (κ2) is 4.35. The van der Waals surface area contributed by atoms with Crippen molar-refractivity contribution >= 4 is 17.4 Å². The first-order chi connectivity index (χ1) is 5.34. The van der Waals surface area contributed by atoms with Crippen LogP contribution in [-0.2, 0) is 4.79 Å². The molecule has 0 aromatic rings. The van der Waals surface area contributed by atoms with Crippen LogP contribution in [0.5, 0.6) is 0 Å². The van der Waals surface area contributed by atoms with Crippen LogP contribution >= 0.6 is 11.6 Å². The maximum absolute atomic E-state index is 11.2. The average molecular weight is 171 g/mol. The van der Waals surface area contributed by atoms with Crippen LogP contribution in [0.4, 0.5) is 0 Å². The number of rotatable bonds is 3. The third-order valence-electron chi connectivity index (χ3n) is 1.64. The number of allylic oxidation sites excluding steroid dienone is 4. The summed E-state index contributed by atoms with van der Waals surface area (Å²) in [6, 6.07) is 0. The number of carbonyl (C=O) groups excluding carboxylic acids is 1. The zero-order valence-electron chi connectivity index (χ0n) is 6.35. The van der Waals surface area contributed by atoms with Crippen molar-refractivity contribution in [1.29, 1.82) is 0 Å². The van der Waals surface area contributed by atoms with Gasteiger partial charge in [-0.1, -0.05) is 18.2 Å². The van der Waals surface area contributed by atoms with E-state index in [2.05, 4.69) is 0 Å². The van der Waals surface area contributed by atoms with E-state index < -0.39 is 0 Å². The summed E-state index contributed by atoms with van der Waals surface area (Å²) in [4.78, 5) is 11.2. The molecule has 2 heteroatoms. The van der Waals surface area contributed by atoms with Crippen LogP contribution in [0.2, 0.25) is 0 Å². The molecule has 1 aliphatic rings. The molecule has 0 atom stereocenters. The number of Topliss-reactive ketones (excluding diaryl/α,β-unsaturated/α-hetero) is 1. The van der Waals surface area contributed by atoms with Gasteiger partial charge in [-0.15, -0.1) is 11.6 Å². The first-order valence-electron chi connectivity index (χ1n) is 3.80. The quantitative estimate of drug-likeness (QED) is 0.595. The number of halogens is 1. The molecule has 60 valence electrons. The third-order valence-corrected chi connectivity index (χ3v) is 1.83. The Labute approximate surface area is 71.7 Å². The first kappa shape index (κ1) is 8.54. The van der Waals surface area contributed by atoms with Gasteiger partial charge in [-0.3, -0.25) is 4.79 Å². The predicted octanol–water partition coefficient (Wildman–Crippen LogP) is 2.46. The number of alkyl halides is 1. The minimum atomic E-state index is 0.163. The van der Waals surface area contributed by atoms with E-state index in [1.54, 1.807) is 0 Å². The van der Waals surface area contributed by atoms with E-state index in [1.165, 1.54) is 0 Å². The minimum absolute atomic E-state index is 0.163. The highest BCUT2D eigenvalue weighted by Gasteiger charge is 2.06. The molecular formula is C9H11ClO. The van der Waals surface area contributed by atoms with Gasteiger partial charge in [0.15, 0.2) is 5.78 Å². The summed E-state index contributed by atoms with van der Waals surface area (Å²) in [6.07, 6.45) is 8.39. The molecule has 0 bridgehead atoms. The van der Waals surface area contributed by atoms with Crippen LogP contribution in [0.15, 0.2) is 23.8 Å². The van der Waals surface area contributed by atoms with Crippen LogP contribution in [0.3, 0.4) is 0 Å². The molecule has 0 spiro atoms. The van der Waals surface area contributed by atoms with Crippen LogP contribution in [0.25, 0.3) is 0 Å². The van der Waals surface area contributed by atoms with Crippen molar-refractivity contribution in [3.05, 3.63) is 23.8 Å². The van der Waals surface area contributed by atoms with Gasteiger partial charge in [0.1, 0.15) is 0 Å². The summed E-state index contributed by atoms with van der Waals surface area (Å²) in [6.45, 7) is 0. The molecule has 0 heterocycles. The normalized spacial score (nSPS) is 16.3. The predicted molar refractivity (Wildman–Crippen MR) is 46.8 cm³/mol. The lowest BCUT2D eigenvalue weighted by atomic mass is 10.0. The number of carbonyl (C=O) groups is 1. The summed E-state index contributed by atoms with van der Waals surface area (Å²) in [5.74, 6) is 0.584. The Balaban J connectivity index is 2.52. The summed E-state index contributed by atoms with van der Waals surface area (Å²) in [7, 11) is 0. The molecule has 0 amide bonds. The molecule has 0 aromatic carbocycles. The lowest BCUT2D eigenvalue weighted by Gasteiger charge is -2.03. The average Bonchev–Trinajstić information content (AvgIpc) is 2.07. The van der Waals surface area contributed by atoms with E-state index in [0.29, 0.717) is 12.3 Å². The van der Waals surface area contributed by atoms with Gasteiger partial charge in [0.2, 0.25) is 0 Å². The van der Waals surface area contributed by atoms with Crippen molar-refractivity contribution in [2.75, 3.05) is 5.88 Å². The van der Waals surface area contributed by atoms with Crippen molar-refractivity contribution < 1.29 is 4.79 Å². The summed E-state index contributed by atoms with van der Waals surface area (Å²) < 4.78 is 0. The molecule has 0 unspecified atom stereocenters. The highest BCUT2D eigenvalue weighted by molar-refractivity contribution is 6.19. The van der Waals surface area contributed by atoms with Gasteiger partial charge < -0.3 is 0 Å². The fourth-order valence-electron chi connectivity index (χ4n) is 1.05. The van der Waals surface area contributed by atoms with Crippen LogP contribution < -0.4 is 0 Å². The van der Waals surface area contributed by atoms with E-state index in [4.69, 9.17) is 11.6 Å². The summed E-state index contributed by atoms with van der Waals surface area (Å²) in [5, 5.41) is 0. The zero-order chi connectivity index (χ0) is 8.10. The summed E-state index contributed by atoms with van der Waals surface area (Å²) in [5.41, 5.74) is 0.830. The fourth-order valence-corrected chi connectivity index (χ4v) is 1.22. The Kier molecular flexibility index (Phi) is 3.37. The van der Waals surface area contributed by atoms with Crippen molar-refractivity contribution in [2.24, 2.45) is 0 Å². The van der Waals surface area contributed by atoms with Gasteiger partial charge >= 0.3 is 0 Å². The molecule has 0 N–H and O–H groups in total. The molecule has 11 heavy (non-hydrogen) atoms. The van der Waals surface area contributed by atoms with E-state index in [0.717, 1.165) is 18.4 Å². The number of ketones is 1. The lowest BCUT2D eigenvalue weighted by molar-refractivity contribution is -0.114.